The summed E-state index contributed by atoms with van der Waals surface area (Å²) in [5.74, 6) is -0.669. The minimum Gasteiger partial charge on any atom is -0.390 e. The average Bonchev–Trinajstić information content (AvgIpc) is 2.66. The summed E-state index contributed by atoms with van der Waals surface area (Å²) in [6.45, 7) is 2.34. The first kappa shape index (κ1) is 16.0. The molecule has 0 saturated carbocycles. The zero-order valence-electron chi connectivity index (χ0n) is 12.2. The highest BCUT2D eigenvalue weighted by Gasteiger charge is 2.32. The standard InChI is InChI=1S/C13H21N3O4S/c1-13(18)4-3-6-16(7-5-13)21(19,20)10-8-11(12(14)17)15(2)9-10/h8-9,18H,3-7H2,1-2H3,(H2,14,17). The number of sulfonamides is 1. The lowest BCUT2D eigenvalue weighted by atomic mass is 9.98. The van der Waals surface area contributed by atoms with Gasteiger partial charge in [-0.15, -0.1) is 0 Å². The number of rotatable bonds is 3. The van der Waals surface area contributed by atoms with Crippen LogP contribution in [0.3, 0.4) is 0 Å². The maximum Gasteiger partial charge on any atom is 0.265 e. The molecule has 0 aliphatic carbocycles. The van der Waals surface area contributed by atoms with Gasteiger partial charge in [0.25, 0.3) is 5.91 Å². The Labute approximate surface area is 124 Å². The van der Waals surface area contributed by atoms with Crippen molar-refractivity contribution in [3.8, 4) is 0 Å². The van der Waals surface area contributed by atoms with Gasteiger partial charge in [0.05, 0.1) is 5.60 Å². The fourth-order valence-corrected chi connectivity index (χ4v) is 4.10. The Hall–Kier alpha value is -1.38. The number of primary amides is 1. The topological polar surface area (TPSA) is 106 Å². The van der Waals surface area contributed by atoms with Gasteiger partial charge < -0.3 is 15.4 Å². The van der Waals surface area contributed by atoms with Gasteiger partial charge in [0, 0.05) is 26.3 Å². The number of aromatic nitrogens is 1. The van der Waals surface area contributed by atoms with Gasteiger partial charge in [0.2, 0.25) is 10.0 Å². The summed E-state index contributed by atoms with van der Waals surface area (Å²) in [7, 11) is -2.10. The minimum atomic E-state index is -3.68. The Balaban J connectivity index is 2.29. The molecule has 0 radical (unpaired) electrons. The van der Waals surface area contributed by atoms with Gasteiger partial charge in [-0.1, -0.05) is 0 Å². The molecule has 1 unspecified atom stereocenters. The second-order valence-electron chi connectivity index (χ2n) is 5.79. The van der Waals surface area contributed by atoms with Crippen molar-refractivity contribution in [2.24, 2.45) is 12.8 Å². The fourth-order valence-electron chi connectivity index (χ4n) is 2.55. The molecule has 8 heteroatoms. The van der Waals surface area contributed by atoms with Crippen LogP contribution < -0.4 is 5.73 Å². The molecule has 1 atom stereocenters. The predicted molar refractivity (Wildman–Crippen MR) is 77.2 cm³/mol. The lowest BCUT2D eigenvalue weighted by Gasteiger charge is -2.21. The number of hydrogen-bond acceptors (Lipinski definition) is 4. The van der Waals surface area contributed by atoms with Crippen molar-refractivity contribution >= 4 is 15.9 Å². The zero-order chi connectivity index (χ0) is 15.8. The lowest BCUT2D eigenvalue weighted by molar-refractivity contribution is 0.0465. The van der Waals surface area contributed by atoms with Crippen LogP contribution in [0, 0.1) is 0 Å². The summed E-state index contributed by atoms with van der Waals surface area (Å²) in [4.78, 5) is 11.3. The number of nitrogens with two attached hydrogens (primary N) is 1. The van der Waals surface area contributed by atoms with Gasteiger partial charge in [0.1, 0.15) is 10.6 Å². The molecule has 21 heavy (non-hydrogen) atoms. The highest BCUT2D eigenvalue weighted by molar-refractivity contribution is 7.89. The first-order valence-corrected chi connectivity index (χ1v) is 8.26. The van der Waals surface area contributed by atoms with Crippen molar-refractivity contribution in [3.05, 3.63) is 18.0 Å². The molecule has 1 aromatic heterocycles. The van der Waals surface area contributed by atoms with Gasteiger partial charge in [-0.05, 0) is 32.3 Å². The van der Waals surface area contributed by atoms with Crippen molar-refractivity contribution in [1.82, 2.24) is 8.87 Å². The smallest absolute Gasteiger partial charge is 0.265 e. The Morgan fingerprint density at radius 1 is 1.38 bits per heavy atom. The first-order valence-electron chi connectivity index (χ1n) is 6.82. The van der Waals surface area contributed by atoms with Crippen molar-refractivity contribution in [2.45, 2.75) is 36.7 Å². The van der Waals surface area contributed by atoms with Crippen LogP contribution in [0.1, 0.15) is 36.7 Å². The minimum absolute atomic E-state index is 0.0559. The van der Waals surface area contributed by atoms with E-state index in [1.54, 1.807) is 14.0 Å². The molecule has 0 aromatic carbocycles. The second-order valence-corrected chi connectivity index (χ2v) is 7.73. The molecule has 1 aliphatic rings. The molecule has 118 valence electrons. The van der Waals surface area contributed by atoms with Crippen molar-refractivity contribution in [3.63, 3.8) is 0 Å². The molecule has 2 rings (SSSR count). The van der Waals surface area contributed by atoms with Crippen LogP contribution >= 0.6 is 0 Å². The van der Waals surface area contributed by atoms with Gasteiger partial charge in [0.15, 0.2) is 0 Å². The Morgan fingerprint density at radius 3 is 2.62 bits per heavy atom. The van der Waals surface area contributed by atoms with Crippen molar-refractivity contribution < 1.29 is 18.3 Å². The Bertz CT molecular complexity index is 648. The molecule has 2 heterocycles. The quantitative estimate of drug-likeness (QED) is 0.822. The number of amides is 1. The maximum absolute atomic E-state index is 12.6. The number of aliphatic hydroxyl groups is 1. The van der Waals surface area contributed by atoms with E-state index >= 15 is 0 Å². The number of aryl methyl sites for hydroxylation is 1. The van der Waals surface area contributed by atoms with E-state index in [0.717, 1.165) is 0 Å². The van der Waals surface area contributed by atoms with Crippen LogP contribution in [0.15, 0.2) is 17.2 Å². The van der Waals surface area contributed by atoms with E-state index in [-0.39, 0.29) is 17.1 Å². The van der Waals surface area contributed by atoms with Crippen LogP contribution in [-0.2, 0) is 17.1 Å². The highest BCUT2D eigenvalue weighted by atomic mass is 32.2. The Kier molecular flexibility index (Phi) is 4.14. The molecule has 0 bridgehead atoms. The summed E-state index contributed by atoms with van der Waals surface area (Å²) < 4.78 is 28.0. The van der Waals surface area contributed by atoms with Crippen molar-refractivity contribution in [1.29, 1.82) is 0 Å². The van der Waals surface area contributed by atoms with E-state index in [0.29, 0.717) is 25.8 Å². The summed E-state index contributed by atoms with van der Waals surface area (Å²) in [5, 5.41) is 10.0. The van der Waals surface area contributed by atoms with E-state index in [9.17, 15) is 18.3 Å². The molecule has 1 aliphatic heterocycles. The zero-order valence-corrected chi connectivity index (χ0v) is 13.1. The van der Waals surface area contributed by atoms with Crippen molar-refractivity contribution in [2.75, 3.05) is 13.1 Å². The molecule has 1 aromatic rings. The SMILES string of the molecule is Cn1cc(S(=O)(=O)N2CCCC(C)(O)CC2)cc1C(N)=O. The monoisotopic (exact) mass is 315 g/mol. The third-order valence-corrected chi connectivity index (χ3v) is 5.76. The van der Waals surface area contributed by atoms with E-state index in [1.165, 1.54) is 21.1 Å². The van der Waals surface area contributed by atoms with E-state index in [2.05, 4.69) is 0 Å². The summed E-state index contributed by atoms with van der Waals surface area (Å²) in [5.41, 5.74) is 4.52. The van der Waals surface area contributed by atoms with Gasteiger partial charge in [-0.25, -0.2) is 8.42 Å². The normalized spacial score (nSPS) is 24.7. The van der Waals surface area contributed by atoms with Crippen LogP contribution in [0.25, 0.3) is 0 Å². The molecular weight excluding hydrogens is 294 g/mol. The van der Waals surface area contributed by atoms with Crippen LogP contribution in [0.2, 0.25) is 0 Å². The molecular formula is C13H21N3O4S. The van der Waals surface area contributed by atoms with E-state index in [1.807, 2.05) is 0 Å². The van der Waals surface area contributed by atoms with Gasteiger partial charge in [-0.2, -0.15) is 4.31 Å². The van der Waals surface area contributed by atoms with Gasteiger partial charge >= 0.3 is 0 Å². The third-order valence-electron chi connectivity index (χ3n) is 3.89. The van der Waals surface area contributed by atoms with Gasteiger partial charge in [-0.3, -0.25) is 4.79 Å². The summed E-state index contributed by atoms with van der Waals surface area (Å²) >= 11 is 0. The first-order chi connectivity index (χ1) is 9.63. The number of hydrogen-bond donors (Lipinski definition) is 2. The third kappa shape index (κ3) is 3.28. The number of carbonyl (C=O) groups excluding carboxylic acids is 1. The van der Waals surface area contributed by atoms with E-state index in [4.69, 9.17) is 5.73 Å². The Morgan fingerprint density at radius 2 is 2.05 bits per heavy atom. The van der Waals surface area contributed by atoms with Crippen LogP contribution in [-0.4, -0.2) is 47.0 Å². The lowest BCUT2D eigenvalue weighted by Crippen LogP contribution is -2.33. The fraction of sp³-hybridized carbons (Fsp3) is 0.615. The molecule has 0 spiro atoms. The highest BCUT2D eigenvalue weighted by Crippen LogP contribution is 2.26. The number of carbonyl (C=O) groups is 1. The summed E-state index contributed by atoms with van der Waals surface area (Å²) in [6, 6.07) is 1.29. The molecule has 1 fully saturated rings. The van der Waals surface area contributed by atoms with Crippen LogP contribution in [0.5, 0.6) is 0 Å². The van der Waals surface area contributed by atoms with E-state index < -0.39 is 21.5 Å². The number of nitrogens with zero attached hydrogens (tertiary/aromatic N) is 2. The average molecular weight is 315 g/mol. The second kappa shape index (κ2) is 5.43. The predicted octanol–water partition coefficient (Wildman–Crippen LogP) is 0.0496. The largest absolute Gasteiger partial charge is 0.390 e. The van der Waals surface area contributed by atoms with Crippen LogP contribution in [0.4, 0.5) is 0 Å². The molecule has 1 saturated heterocycles. The molecule has 3 N–H and O–H groups in total. The summed E-state index contributed by atoms with van der Waals surface area (Å²) in [6.07, 6.45) is 2.95. The molecule has 7 nitrogen and oxygen atoms in total. The molecule has 1 amide bonds. The maximum atomic E-state index is 12.6.